The minimum absolute atomic E-state index is 0.0947. The van der Waals surface area contributed by atoms with Crippen LogP contribution in [0.4, 0.5) is 0 Å². The van der Waals surface area contributed by atoms with Crippen molar-refractivity contribution in [3.05, 3.63) is 0 Å². The zero-order valence-corrected chi connectivity index (χ0v) is 15.1. The molecular formula is C17H36O4S. The molecule has 0 aromatic rings. The Kier molecular flexibility index (Phi) is 14.4. The van der Waals surface area contributed by atoms with Gasteiger partial charge in [-0.05, 0) is 19.3 Å². The standard InChI is InChI=1S/C17H36O4S/c1-2-3-14-17(18)15-12-10-8-6-4-5-7-9-11-13-16-22(19,20)21/h17-18H,2-16H2,1H3,(H,19,20,21). The monoisotopic (exact) mass is 336 g/mol. The molecule has 4 nitrogen and oxygen atoms in total. The van der Waals surface area contributed by atoms with Crippen LogP contribution in [0.3, 0.4) is 0 Å². The van der Waals surface area contributed by atoms with Crippen LogP contribution in [0.25, 0.3) is 0 Å². The molecule has 0 saturated heterocycles. The van der Waals surface area contributed by atoms with Crippen LogP contribution in [0, 0.1) is 0 Å². The van der Waals surface area contributed by atoms with E-state index >= 15 is 0 Å². The van der Waals surface area contributed by atoms with Gasteiger partial charge in [0.1, 0.15) is 0 Å². The molecule has 22 heavy (non-hydrogen) atoms. The molecule has 0 bridgehead atoms. The first-order chi connectivity index (χ1) is 10.5. The molecule has 1 atom stereocenters. The quantitative estimate of drug-likeness (QED) is 0.316. The number of aliphatic hydroxyl groups excluding tert-OH is 1. The Morgan fingerprint density at radius 1 is 0.727 bits per heavy atom. The van der Waals surface area contributed by atoms with E-state index in [1.165, 1.54) is 32.1 Å². The van der Waals surface area contributed by atoms with Crippen LogP contribution in [0.1, 0.15) is 96.8 Å². The lowest BCUT2D eigenvalue weighted by molar-refractivity contribution is 0.148. The fourth-order valence-corrected chi connectivity index (χ4v) is 3.23. The smallest absolute Gasteiger partial charge is 0.264 e. The van der Waals surface area contributed by atoms with Crippen molar-refractivity contribution in [1.82, 2.24) is 0 Å². The Hall–Kier alpha value is -0.130. The fourth-order valence-electron chi connectivity index (χ4n) is 2.66. The summed E-state index contributed by atoms with van der Waals surface area (Å²) < 4.78 is 29.6. The van der Waals surface area contributed by atoms with Crippen molar-refractivity contribution in [3.8, 4) is 0 Å². The average Bonchev–Trinajstić information content (AvgIpc) is 2.45. The highest BCUT2D eigenvalue weighted by Crippen LogP contribution is 2.13. The molecule has 0 saturated carbocycles. The molecule has 0 aliphatic carbocycles. The molecule has 0 spiro atoms. The van der Waals surface area contributed by atoms with E-state index in [1.54, 1.807) is 0 Å². The summed E-state index contributed by atoms with van der Waals surface area (Å²) in [5, 5.41) is 9.72. The summed E-state index contributed by atoms with van der Waals surface area (Å²) in [7, 11) is -3.76. The molecule has 2 N–H and O–H groups in total. The van der Waals surface area contributed by atoms with Crippen LogP contribution < -0.4 is 0 Å². The van der Waals surface area contributed by atoms with E-state index in [0.717, 1.165) is 51.4 Å². The van der Waals surface area contributed by atoms with Crippen LogP contribution in [0.2, 0.25) is 0 Å². The number of aliphatic hydroxyl groups is 1. The van der Waals surface area contributed by atoms with E-state index in [0.29, 0.717) is 6.42 Å². The van der Waals surface area contributed by atoms with E-state index in [-0.39, 0.29) is 11.9 Å². The molecule has 0 aliphatic heterocycles. The summed E-state index contributed by atoms with van der Waals surface area (Å²) in [4.78, 5) is 0. The first kappa shape index (κ1) is 21.9. The molecule has 0 aromatic carbocycles. The molecule has 0 fully saturated rings. The predicted molar refractivity (Wildman–Crippen MR) is 92.7 cm³/mol. The SMILES string of the molecule is CCCCC(O)CCCCCCCCCCCCS(=O)(=O)O. The highest BCUT2D eigenvalue weighted by Gasteiger charge is 2.03. The van der Waals surface area contributed by atoms with Gasteiger partial charge in [-0.2, -0.15) is 8.42 Å². The van der Waals surface area contributed by atoms with Crippen molar-refractivity contribution >= 4 is 10.1 Å². The maximum atomic E-state index is 10.5. The van der Waals surface area contributed by atoms with E-state index in [9.17, 15) is 13.5 Å². The second-order valence-corrected chi connectivity index (χ2v) is 7.98. The third kappa shape index (κ3) is 17.9. The van der Waals surface area contributed by atoms with Gasteiger partial charge in [0.15, 0.2) is 0 Å². The Bertz CT molecular complexity index is 328. The van der Waals surface area contributed by atoms with E-state index in [2.05, 4.69) is 6.92 Å². The van der Waals surface area contributed by atoms with Crippen LogP contribution in [0.15, 0.2) is 0 Å². The Balaban J connectivity index is 3.14. The lowest BCUT2D eigenvalue weighted by atomic mass is 10.0. The van der Waals surface area contributed by atoms with Gasteiger partial charge in [-0.15, -0.1) is 0 Å². The molecule has 134 valence electrons. The van der Waals surface area contributed by atoms with Crippen molar-refractivity contribution in [3.63, 3.8) is 0 Å². The minimum atomic E-state index is -3.76. The number of hydrogen-bond donors (Lipinski definition) is 2. The van der Waals surface area contributed by atoms with Crippen molar-refractivity contribution < 1.29 is 18.1 Å². The maximum absolute atomic E-state index is 10.5. The van der Waals surface area contributed by atoms with Crippen LogP contribution in [-0.4, -0.2) is 29.9 Å². The van der Waals surface area contributed by atoms with Gasteiger partial charge in [-0.25, -0.2) is 0 Å². The van der Waals surface area contributed by atoms with Gasteiger partial charge in [-0.3, -0.25) is 4.55 Å². The third-order valence-electron chi connectivity index (χ3n) is 4.08. The normalized spacial score (nSPS) is 13.4. The van der Waals surface area contributed by atoms with E-state index < -0.39 is 10.1 Å². The Labute approximate surface area is 137 Å². The van der Waals surface area contributed by atoms with E-state index in [1.807, 2.05) is 0 Å². The highest BCUT2D eigenvalue weighted by molar-refractivity contribution is 7.85. The molecule has 1 unspecified atom stereocenters. The van der Waals surface area contributed by atoms with E-state index in [4.69, 9.17) is 4.55 Å². The van der Waals surface area contributed by atoms with Gasteiger partial charge in [0.25, 0.3) is 10.1 Å². The van der Waals surface area contributed by atoms with Crippen molar-refractivity contribution in [1.29, 1.82) is 0 Å². The highest BCUT2D eigenvalue weighted by atomic mass is 32.2. The zero-order valence-electron chi connectivity index (χ0n) is 14.3. The number of hydrogen-bond acceptors (Lipinski definition) is 3. The number of unbranched alkanes of at least 4 members (excludes halogenated alkanes) is 10. The van der Waals surface area contributed by atoms with Gasteiger partial charge in [-0.1, -0.05) is 77.6 Å². The van der Waals surface area contributed by atoms with Crippen molar-refractivity contribution in [2.24, 2.45) is 0 Å². The average molecular weight is 337 g/mol. The first-order valence-corrected chi connectivity index (χ1v) is 10.7. The van der Waals surface area contributed by atoms with Crippen LogP contribution >= 0.6 is 0 Å². The fraction of sp³-hybridized carbons (Fsp3) is 1.00. The summed E-state index contributed by atoms with van der Waals surface area (Å²) in [5.41, 5.74) is 0. The largest absolute Gasteiger partial charge is 0.393 e. The molecule has 5 heteroatoms. The maximum Gasteiger partial charge on any atom is 0.264 e. The topological polar surface area (TPSA) is 74.6 Å². The van der Waals surface area contributed by atoms with Crippen LogP contribution in [-0.2, 0) is 10.1 Å². The molecule has 0 heterocycles. The zero-order chi connectivity index (χ0) is 16.7. The molecule has 0 rings (SSSR count). The van der Waals surface area contributed by atoms with Gasteiger partial charge in [0.05, 0.1) is 11.9 Å². The summed E-state index contributed by atoms with van der Waals surface area (Å²) in [6.07, 6.45) is 15.1. The summed E-state index contributed by atoms with van der Waals surface area (Å²) in [6.45, 7) is 2.15. The summed E-state index contributed by atoms with van der Waals surface area (Å²) in [5.74, 6) is -0.100. The van der Waals surface area contributed by atoms with Crippen LogP contribution in [0.5, 0.6) is 0 Å². The van der Waals surface area contributed by atoms with Crippen molar-refractivity contribution in [2.45, 2.75) is 103 Å². The van der Waals surface area contributed by atoms with Gasteiger partial charge in [0.2, 0.25) is 0 Å². The minimum Gasteiger partial charge on any atom is -0.393 e. The molecule has 0 aliphatic rings. The summed E-state index contributed by atoms with van der Waals surface area (Å²) in [6, 6.07) is 0. The van der Waals surface area contributed by atoms with Gasteiger partial charge in [0, 0.05) is 0 Å². The van der Waals surface area contributed by atoms with Crippen molar-refractivity contribution in [2.75, 3.05) is 5.75 Å². The van der Waals surface area contributed by atoms with Gasteiger partial charge >= 0.3 is 0 Å². The molecule has 0 aromatic heterocycles. The molecule has 0 amide bonds. The predicted octanol–water partition coefficient (Wildman–Crippen LogP) is 4.72. The lowest BCUT2D eigenvalue weighted by Gasteiger charge is -2.09. The third-order valence-corrected chi connectivity index (χ3v) is 4.89. The molecular weight excluding hydrogens is 300 g/mol. The second kappa shape index (κ2) is 14.5. The second-order valence-electron chi connectivity index (χ2n) is 6.41. The first-order valence-electron chi connectivity index (χ1n) is 9.09. The summed E-state index contributed by atoms with van der Waals surface area (Å²) >= 11 is 0. The number of rotatable bonds is 16. The van der Waals surface area contributed by atoms with Gasteiger partial charge < -0.3 is 5.11 Å². The lowest BCUT2D eigenvalue weighted by Crippen LogP contribution is -2.05. The Morgan fingerprint density at radius 3 is 1.59 bits per heavy atom. The Morgan fingerprint density at radius 2 is 1.14 bits per heavy atom. The molecule has 0 radical (unpaired) electrons.